The van der Waals surface area contributed by atoms with Crippen molar-refractivity contribution < 1.29 is 14.0 Å². The molecule has 0 unspecified atom stereocenters. The SMILES string of the molecule is CN(CCCN1CCN(CCCNSc2ccc(Nc3ncc(Br)c(Nc4cccc(F)c4C(N)=O)n3)cc2)CC1)c1ncc(C(=O)NC2C(C)(C)CC2(C)C)cn1. The summed E-state index contributed by atoms with van der Waals surface area (Å²) in [6, 6.07) is 12.3. The molecule has 4 aromatic rings. The van der Waals surface area contributed by atoms with E-state index >= 15 is 0 Å². The van der Waals surface area contributed by atoms with Crippen molar-refractivity contribution in [3.05, 3.63) is 82.5 Å². The summed E-state index contributed by atoms with van der Waals surface area (Å²) in [5.74, 6) is -0.402. The van der Waals surface area contributed by atoms with Crippen LogP contribution in [0, 0.1) is 16.6 Å². The number of hydrogen-bond acceptors (Lipinski definition) is 13. The molecule has 0 bridgehead atoms. The van der Waals surface area contributed by atoms with E-state index in [0.29, 0.717) is 27.8 Å². The Hall–Kier alpha value is -4.42. The zero-order valence-corrected chi connectivity index (χ0v) is 36.2. The fourth-order valence-corrected chi connectivity index (χ4v) is 9.16. The Balaban J connectivity index is 0.836. The summed E-state index contributed by atoms with van der Waals surface area (Å²) in [5, 5.41) is 9.36. The van der Waals surface area contributed by atoms with Gasteiger partial charge >= 0.3 is 0 Å². The van der Waals surface area contributed by atoms with E-state index in [1.165, 1.54) is 12.1 Å². The molecule has 17 heteroatoms. The monoisotopic (exact) mass is 876 g/mol. The van der Waals surface area contributed by atoms with Gasteiger partial charge in [0.25, 0.3) is 11.8 Å². The lowest BCUT2D eigenvalue weighted by Gasteiger charge is -2.57. The smallest absolute Gasteiger partial charge is 0.254 e. The van der Waals surface area contributed by atoms with Crippen molar-refractivity contribution in [3.63, 3.8) is 0 Å². The number of anilines is 5. The van der Waals surface area contributed by atoms with E-state index in [9.17, 15) is 14.0 Å². The molecule has 1 aliphatic carbocycles. The maximum atomic E-state index is 14.2. The predicted octanol–water partition coefficient (Wildman–Crippen LogP) is 6.44. The maximum Gasteiger partial charge on any atom is 0.254 e. The minimum atomic E-state index is -0.879. The second kappa shape index (κ2) is 19.1. The molecule has 1 saturated carbocycles. The summed E-state index contributed by atoms with van der Waals surface area (Å²) in [6.45, 7) is 16.9. The minimum Gasteiger partial charge on any atom is -0.365 e. The molecule has 6 rings (SSSR count). The van der Waals surface area contributed by atoms with Gasteiger partial charge in [0.05, 0.1) is 21.3 Å². The third-order valence-electron chi connectivity index (χ3n) is 10.7. The van der Waals surface area contributed by atoms with Crippen molar-refractivity contribution in [2.45, 2.75) is 57.9 Å². The summed E-state index contributed by atoms with van der Waals surface area (Å²) in [6.07, 6.45) is 7.99. The molecule has 3 heterocycles. The Morgan fingerprint density at radius 1 is 0.931 bits per heavy atom. The van der Waals surface area contributed by atoms with Crippen LogP contribution in [0.15, 0.2) is 70.4 Å². The molecule has 1 aliphatic heterocycles. The molecule has 14 nitrogen and oxygen atoms in total. The number of nitrogens with zero attached hydrogens (tertiary/aromatic N) is 7. The summed E-state index contributed by atoms with van der Waals surface area (Å²) >= 11 is 5.00. The van der Waals surface area contributed by atoms with Crippen LogP contribution in [0.1, 0.15) is 67.7 Å². The number of piperazine rings is 1. The van der Waals surface area contributed by atoms with Gasteiger partial charge in [-0.2, -0.15) is 4.98 Å². The van der Waals surface area contributed by atoms with Crippen LogP contribution in [0.3, 0.4) is 0 Å². The Bertz CT molecular complexity index is 2020. The van der Waals surface area contributed by atoms with Gasteiger partial charge in [0.15, 0.2) is 0 Å². The molecule has 2 amide bonds. The Morgan fingerprint density at radius 2 is 1.59 bits per heavy atom. The van der Waals surface area contributed by atoms with Gasteiger partial charge in [0.2, 0.25) is 11.9 Å². The van der Waals surface area contributed by atoms with Gasteiger partial charge in [-0.25, -0.2) is 19.3 Å². The molecule has 0 atom stereocenters. The molecule has 0 radical (unpaired) electrons. The second-order valence-corrected chi connectivity index (χ2v) is 18.2. The number of carbonyl (C=O) groups is 2. The van der Waals surface area contributed by atoms with Crippen LogP contribution >= 0.6 is 27.9 Å². The summed E-state index contributed by atoms with van der Waals surface area (Å²) < 4.78 is 18.2. The minimum absolute atomic E-state index is 0.0892. The van der Waals surface area contributed by atoms with Gasteiger partial charge < -0.3 is 36.4 Å². The van der Waals surface area contributed by atoms with Gasteiger partial charge in [0, 0.05) is 81.5 Å². The van der Waals surface area contributed by atoms with Crippen molar-refractivity contribution in [2.24, 2.45) is 16.6 Å². The second-order valence-electron chi connectivity index (χ2n) is 16.3. The topological polar surface area (TPSA) is 170 Å². The number of benzene rings is 2. The Labute approximate surface area is 353 Å². The fraction of sp³-hybridized carbons (Fsp3) is 0.463. The van der Waals surface area contributed by atoms with Crippen LogP contribution in [-0.4, -0.2) is 107 Å². The average molecular weight is 878 g/mol. The number of amides is 2. The van der Waals surface area contributed by atoms with Crippen LogP contribution in [0.25, 0.3) is 0 Å². The highest BCUT2D eigenvalue weighted by atomic mass is 79.9. The third kappa shape index (κ3) is 11.2. The number of aromatic nitrogens is 4. The summed E-state index contributed by atoms with van der Waals surface area (Å²) in [5.41, 5.74) is 6.83. The predicted molar refractivity (Wildman–Crippen MR) is 232 cm³/mol. The highest BCUT2D eigenvalue weighted by Crippen LogP contribution is 2.53. The lowest BCUT2D eigenvalue weighted by molar-refractivity contribution is -0.0366. The van der Waals surface area contributed by atoms with E-state index < -0.39 is 11.7 Å². The summed E-state index contributed by atoms with van der Waals surface area (Å²) in [7, 11) is 2.00. The van der Waals surface area contributed by atoms with Crippen LogP contribution in [0.5, 0.6) is 0 Å². The van der Waals surface area contributed by atoms with Gasteiger partial charge in [-0.15, -0.1) is 0 Å². The molecule has 2 fully saturated rings. The number of nitrogens with one attached hydrogen (secondary N) is 4. The van der Waals surface area contributed by atoms with Gasteiger partial charge in [-0.05, 0) is 107 Å². The zero-order valence-electron chi connectivity index (χ0n) is 33.8. The van der Waals surface area contributed by atoms with Crippen LogP contribution in [-0.2, 0) is 0 Å². The average Bonchev–Trinajstić information content (AvgIpc) is 3.18. The van der Waals surface area contributed by atoms with Crippen molar-refractivity contribution in [2.75, 3.05) is 74.9 Å². The number of carbonyl (C=O) groups excluding carboxylic acids is 2. The molecular formula is C41H54BrFN12O2S. The quantitative estimate of drug-likeness (QED) is 0.0548. The van der Waals surface area contributed by atoms with Crippen LogP contribution < -0.4 is 31.3 Å². The van der Waals surface area contributed by atoms with E-state index in [2.05, 4.69) is 98.9 Å². The molecule has 2 aliphatic rings. The van der Waals surface area contributed by atoms with E-state index in [0.717, 1.165) is 82.2 Å². The summed E-state index contributed by atoms with van der Waals surface area (Å²) in [4.78, 5) is 50.7. The highest BCUT2D eigenvalue weighted by Gasteiger charge is 2.53. The first-order valence-electron chi connectivity index (χ1n) is 19.6. The molecule has 58 heavy (non-hydrogen) atoms. The van der Waals surface area contributed by atoms with Crippen molar-refractivity contribution >= 4 is 68.8 Å². The lowest BCUT2D eigenvalue weighted by Crippen LogP contribution is -2.63. The van der Waals surface area contributed by atoms with Crippen LogP contribution in [0.4, 0.5) is 33.5 Å². The number of rotatable bonds is 18. The van der Waals surface area contributed by atoms with Gasteiger partial charge in [0.1, 0.15) is 11.6 Å². The molecule has 310 valence electrons. The molecule has 1 saturated heterocycles. The molecule has 2 aromatic carbocycles. The first-order chi connectivity index (χ1) is 27.7. The number of nitrogens with two attached hydrogens (primary N) is 1. The Kier molecular flexibility index (Phi) is 14.2. The van der Waals surface area contributed by atoms with Crippen molar-refractivity contribution in [1.29, 1.82) is 0 Å². The van der Waals surface area contributed by atoms with E-state index in [1.807, 2.05) is 31.3 Å². The van der Waals surface area contributed by atoms with E-state index in [-0.39, 0.29) is 34.0 Å². The first kappa shape index (κ1) is 43.2. The number of primary amides is 1. The largest absolute Gasteiger partial charge is 0.365 e. The molecule has 0 spiro atoms. The van der Waals surface area contributed by atoms with Crippen LogP contribution in [0.2, 0.25) is 0 Å². The first-order valence-corrected chi connectivity index (χ1v) is 21.2. The Morgan fingerprint density at radius 3 is 2.22 bits per heavy atom. The molecule has 2 aromatic heterocycles. The van der Waals surface area contributed by atoms with Crippen molar-refractivity contribution in [1.82, 2.24) is 39.8 Å². The van der Waals surface area contributed by atoms with E-state index in [4.69, 9.17) is 5.73 Å². The third-order valence-corrected chi connectivity index (χ3v) is 12.2. The normalized spacial score (nSPS) is 16.7. The van der Waals surface area contributed by atoms with Gasteiger partial charge in [-0.3, -0.25) is 14.3 Å². The highest BCUT2D eigenvalue weighted by molar-refractivity contribution is 9.10. The number of halogens is 2. The lowest BCUT2D eigenvalue weighted by atomic mass is 9.52. The maximum absolute atomic E-state index is 14.2. The fourth-order valence-electron chi connectivity index (χ4n) is 8.18. The van der Waals surface area contributed by atoms with Gasteiger partial charge in [-0.1, -0.05) is 33.8 Å². The molecule has 6 N–H and O–H groups in total. The zero-order chi connectivity index (χ0) is 41.5. The molecular weight excluding hydrogens is 824 g/mol. The standard InChI is InChI=1S/C41H54BrFN12O2S/c1-40(2)26-41(3,4)37(40)52-36(57)27-23-46-39(47-24-27)53(5)16-8-18-55-21-19-54(20-22-55)17-7-15-48-58-29-13-11-28(12-14-29)49-38-45-25-30(42)35(51-38)50-32-10-6-9-31(43)33(32)34(44)56/h6,9-14,23-25,37,48H,7-8,15-22,26H2,1-5H3,(H2,44,56)(H,52,57)(H2,45,49,50,51). The van der Waals surface area contributed by atoms with E-state index in [1.54, 1.807) is 36.6 Å². The van der Waals surface area contributed by atoms with Crippen molar-refractivity contribution in [3.8, 4) is 0 Å². The number of hydrogen-bond donors (Lipinski definition) is 5.